The first-order valence-corrected chi connectivity index (χ1v) is 12.0. The highest BCUT2D eigenvalue weighted by Gasteiger charge is 2.31. The highest BCUT2D eigenvalue weighted by molar-refractivity contribution is 7.80. The smallest absolute Gasteiger partial charge is 0.489 e. The molecule has 3 aromatic carbocycles. The van der Waals surface area contributed by atoms with Gasteiger partial charge in [-0.3, -0.25) is 9.59 Å². The second-order valence-corrected chi connectivity index (χ2v) is 8.56. The van der Waals surface area contributed by atoms with Gasteiger partial charge < -0.3 is 19.5 Å². The SMILES string of the molecule is O=C(O)CN(C(=O)C(CS)CCc1ccccc1)c1ccc(OCc2ccc(OC(F)(F)F)cc2)cc1. The van der Waals surface area contributed by atoms with Crippen molar-refractivity contribution in [3.05, 3.63) is 90.0 Å². The zero-order valence-corrected chi connectivity index (χ0v) is 20.6. The van der Waals surface area contributed by atoms with Gasteiger partial charge in [-0.05, 0) is 60.4 Å². The summed E-state index contributed by atoms with van der Waals surface area (Å²) in [5.74, 6) is -1.56. The van der Waals surface area contributed by atoms with E-state index in [1.807, 2.05) is 30.3 Å². The number of ether oxygens (including phenoxy) is 2. The highest BCUT2D eigenvalue weighted by Crippen LogP contribution is 2.25. The minimum atomic E-state index is -4.76. The summed E-state index contributed by atoms with van der Waals surface area (Å²) in [5.41, 5.74) is 2.10. The van der Waals surface area contributed by atoms with Gasteiger partial charge in [-0.2, -0.15) is 12.6 Å². The fourth-order valence-corrected chi connectivity index (χ4v) is 3.95. The van der Waals surface area contributed by atoms with E-state index >= 15 is 0 Å². The Morgan fingerprint density at radius 2 is 1.51 bits per heavy atom. The van der Waals surface area contributed by atoms with Crippen molar-refractivity contribution in [3.8, 4) is 11.5 Å². The average molecular weight is 534 g/mol. The van der Waals surface area contributed by atoms with Crippen molar-refractivity contribution in [2.75, 3.05) is 17.2 Å². The predicted molar refractivity (Wildman–Crippen MR) is 136 cm³/mol. The van der Waals surface area contributed by atoms with Crippen molar-refractivity contribution in [2.45, 2.75) is 25.8 Å². The Hall–Kier alpha value is -3.66. The Labute approximate surface area is 218 Å². The van der Waals surface area contributed by atoms with Gasteiger partial charge in [0.15, 0.2) is 0 Å². The molecular formula is C27H26F3NO5S. The molecule has 0 saturated heterocycles. The van der Waals surface area contributed by atoms with Gasteiger partial charge in [0.1, 0.15) is 24.7 Å². The molecule has 1 atom stereocenters. The molecule has 3 rings (SSSR count). The Morgan fingerprint density at radius 1 is 0.892 bits per heavy atom. The number of amides is 1. The Kier molecular flexibility index (Phi) is 9.85. The van der Waals surface area contributed by atoms with Gasteiger partial charge >= 0.3 is 12.3 Å². The summed E-state index contributed by atoms with van der Waals surface area (Å²) in [4.78, 5) is 26.0. The molecular weight excluding hydrogens is 507 g/mol. The number of carboxylic acid groups (broad SMARTS) is 1. The van der Waals surface area contributed by atoms with E-state index in [4.69, 9.17) is 4.74 Å². The Bertz CT molecular complexity index is 1160. The Morgan fingerprint density at radius 3 is 2.08 bits per heavy atom. The molecule has 1 amide bonds. The molecule has 0 aliphatic carbocycles. The second-order valence-electron chi connectivity index (χ2n) is 8.20. The van der Waals surface area contributed by atoms with Gasteiger partial charge in [-0.1, -0.05) is 42.5 Å². The number of nitrogens with zero attached hydrogens (tertiary/aromatic N) is 1. The van der Waals surface area contributed by atoms with Crippen LogP contribution in [0.3, 0.4) is 0 Å². The van der Waals surface area contributed by atoms with Crippen LogP contribution in [0.15, 0.2) is 78.9 Å². The molecule has 0 saturated carbocycles. The van der Waals surface area contributed by atoms with Crippen molar-refractivity contribution < 1.29 is 37.3 Å². The van der Waals surface area contributed by atoms with E-state index in [9.17, 15) is 27.9 Å². The monoisotopic (exact) mass is 533 g/mol. The molecule has 196 valence electrons. The van der Waals surface area contributed by atoms with Gasteiger partial charge in [0.25, 0.3) is 0 Å². The number of aryl methyl sites for hydroxylation is 1. The number of hydrogen-bond donors (Lipinski definition) is 2. The third kappa shape index (κ3) is 9.05. The van der Waals surface area contributed by atoms with Crippen LogP contribution in [0.5, 0.6) is 11.5 Å². The number of carbonyl (C=O) groups is 2. The van der Waals surface area contributed by atoms with Gasteiger partial charge in [0, 0.05) is 17.4 Å². The van der Waals surface area contributed by atoms with Crippen molar-refractivity contribution in [1.82, 2.24) is 0 Å². The first kappa shape index (κ1) is 27.9. The number of carbonyl (C=O) groups excluding carboxylic acids is 1. The maximum Gasteiger partial charge on any atom is 0.573 e. The summed E-state index contributed by atoms with van der Waals surface area (Å²) in [6.45, 7) is -0.411. The first-order valence-electron chi connectivity index (χ1n) is 11.4. The number of halogens is 3. The zero-order chi connectivity index (χ0) is 26.8. The summed E-state index contributed by atoms with van der Waals surface area (Å²) in [7, 11) is 0. The number of benzene rings is 3. The lowest BCUT2D eigenvalue weighted by Crippen LogP contribution is -2.40. The normalized spacial score (nSPS) is 12.0. The molecule has 10 heteroatoms. The molecule has 37 heavy (non-hydrogen) atoms. The number of carboxylic acids is 1. The topological polar surface area (TPSA) is 76.1 Å². The number of rotatable bonds is 12. The lowest BCUT2D eigenvalue weighted by Gasteiger charge is -2.26. The quantitative estimate of drug-likeness (QED) is 0.290. The number of hydrogen-bond acceptors (Lipinski definition) is 5. The summed E-state index contributed by atoms with van der Waals surface area (Å²) in [6.07, 6.45) is -3.57. The molecule has 0 aromatic heterocycles. The van der Waals surface area contributed by atoms with Crippen LogP contribution >= 0.6 is 12.6 Å². The van der Waals surface area contributed by atoms with E-state index in [1.165, 1.54) is 29.2 Å². The molecule has 0 spiro atoms. The predicted octanol–water partition coefficient (Wildman–Crippen LogP) is 5.76. The van der Waals surface area contributed by atoms with Crippen molar-refractivity contribution in [3.63, 3.8) is 0 Å². The van der Waals surface area contributed by atoms with E-state index < -0.39 is 24.8 Å². The van der Waals surface area contributed by atoms with Crippen molar-refractivity contribution >= 4 is 30.2 Å². The molecule has 0 aliphatic heterocycles. The third-order valence-electron chi connectivity index (χ3n) is 5.46. The maximum atomic E-state index is 13.2. The molecule has 0 bridgehead atoms. The van der Waals surface area contributed by atoms with Gasteiger partial charge in [0.2, 0.25) is 5.91 Å². The van der Waals surface area contributed by atoms with Crippen LogP contribution in [0.1, 0.15) is 17.5 Å². The van der Waals surface area contributed by atoms with Gasteiger partial charge in [-0.15, -0.1) is 13.2 Å². The Balaban J connectivity index is 1.63. The summed E-state index contributed by atoms with van der Waals surface area (Å²) >= 11 is 4.33. The number of aliphatic carboxylic acids is 1. The largest absolute Gasteiger partial charge is 0.573 e. The fourth-order valence-electron chi connectivity index (χ4n) is 3.61. The molecule has 1 unspecified atom stereocenters. The third-order valence-corrected chi connectivity index (χ3v) is 5.90. The lowest BCUT2D eigenvalue weighted by molar-refractivity contribution is -0.274. The molecule has 0 aliphatic rings. The summed E-state index contributed by atoms with van der Waals surface area (Å²) in [5, 5.41) is 9.39. The maximum absolute atomic E-state index is 13.2. The molecule has 3 aromatic rings. The molecule has 0 heterocycles. The van der Waals surface area contributed by atoms with Crippen molar-refractivity contribution in [2.24, 2.45) is 5.92 Å². The summed E-state index contributed by atoms with van der Waals surface area (Å²) < 4.78 is 46.4. The lowest BCUT2D eigenvalue weighted by atomic mass is 9.99. The number of alkyl halides is 3. The number of thiol groups is 1. The van der Waals surface area contributed by atoms with E-state index in [1.54, 1.807) is 24.3 Å². The molecule has 0 fully saturated rings. The van der Waals surface area contributed by atoms with E-state index in [-0.39, 0.29) is 24.0 Å². The molecule has 6 nitrogen and oxygen atoms in total. The standard InChI is InChI=1S/C27H26F3NO5S/c28-27(29,30)36-24-12-7-20(8-13-24)17-35-23-14-10-22(11-15-23)31(16-25(32)33)26(34)21(18-37)9-6-19-4-2-1-3-5-19/h1-5,7-8,10-15,21,37H,6,9,16-18H2,(H,32,33). The van der Waals surface area contributed by atoms with Crippen LogP contribution in [-0.2, 0) is 22.6 Å². The van der Waals surface area contributed by atoms with Crippen LogP contribution < -0.4 is 14.4 Å². The number of anilines is 1. The van der Waals surface area contributed by atoms with Gasteiger partial charge in [-0.25, -0.2) is 0 Å². The highest BCUT2D eigenvalue weighted by atomic mass is 32.1. The van der Waals surface area contributed by atoms with E-state index in [0.717, 1.165) is 5.56 Å². The second kappa shape index (κ2) is 13.0. The molecule has 0 radical (unpaired) electrons. The van der Waals surface area contributed by atoms with Crippen LogP contribution in [0.4, 0.5) is 18.9 Å². The van der Waals surface area contributed by atoms with Crippen LogP contribution in [0, 0.1) is 5.92 Å². The fraction of sp³-hybridized carbons (Fsp3) is 0.259. The van der Waals surface area contributed by atoms with Crippen LogP contribution in [-0.4, -0.2) is 35.6 Å². The minimum Gasteiger partial charge on any atom is -0.489 e. The minimum absolute atomic E-state index is 0.0879. The average Bonchev–Trinajstić information content (AvgIpc) is 2.87. The van der Waals surface area contributed by atoms with Crippen LogP contribution in [0.2, 0.25) is 0 Å². The van der Waals surface area contributed by atoms with E-state index in [0.29, 0.717) is 29.8 Å². The van der Waals surface area contributed by atoms with Gasteiger partial charge in [0.05, 0.1) is 0 Å². The van der Waals surface area contributed by atoms with Crippen LogP contribution in [0.25, 0.3) is 0 Å². The van der Waals surface area contributed by atoms with Crippen molar-refractivity contribution in [1.29, 1.82) is 0 Å². The summed E-state index contributed by atoms with van der Waals surface area (Å²) in [6, 6.07) is 21.4. The molecule has 1 N–H and O–H groups in total. The van der Waals surface area contributed by atoms with E-state index in [2.05, 4.69) is 17.4 Å². The first-order chi connectivity index (χ1) is 17.6. The zero-order valence-electron chi connectivity index (χ0n) is 19.7.